The summed E-state index contributed by atoms with van der Waals surface area (Å²) in [5.74, 6) is 1.01. The van der Waals surface area contributed by atoms with Crippen LogP contribution in [0.4, 0.5) is 11.4 Å². The first kappa shape index (κ1) is 22.2. The van der Waals surface area contributed by atoms with E-state index in [-0.39, 0.29) is 18.4 Å². The molecule has 0 spiro atoms. The van der Waals surface area contributed by atoms with Gasteiger partial charge in [-0.15, -0.1) is 12.4 Å². The molecular weight excluding hydrogens is 423 g/mol. The van der Waals surface area contributed by atoms with Gasteiger partial charge in [-0.2, -0.15) is 4.99 Å². The number of morpholine rings is 1. The zero-order valence-electron chi connectivity index (χ0n) is 17.0. The highest BCUT2D eigenvalue weighted by molar-refractivity contribution is 6.30. The molecule has 0 saturated carbocycles. The first-order chi connectivity index (χ1) is 14.0. The Bertz CT molecular complexity index is 938. The number of aryl methyl sites for hydroxylation is 2. The van der Waals surface area contributed by atoms with E-state index >= 15 is 0 Å². The summed E-state index contributed by atoms with van der Waals surface area (Å²) < 4.78 is 5.53. The van der Waals surface area contributed by atoms with E-state index < -0.39 is 6.29 Å². The standard InChI is InChI=1S/C21H25ClN6O.ClH/c1-14-10-15(2)12-18(11-14)28-20(24-17-5-3-4-16(22)13-17)25-19(23)26-21(28)27-6-8-29-9-7-27;/h3-5,10-13,20,24H,6-9H2,1-2H3,(H2,23,25);1H. The van der Waals surface area contributed by atoms with Gasteiger partial charge < -0.3 is 20.7 Å². The van der Waals surface area contributed by atoms with Crippen LogP contribution in [0.5, 0.6) is 0 Å². The lowest BCUT2D eigenvalue weighted by Crippen LogP contribution is -2.57. The number of hydrogen-bond acceptors (Lipinski definition) is 7. The summed E-state index contributed by atoms with van der Waals surface area (Å²) in [5.41, 5.74) is 10.3. The van der Waals surface area contributed by atoms with Gasteiger partial charge in [-0.3, -0.25) is 4.90 Å². The molecule has 1 fully saturated rings. The number of anilines is 2. The van der Waals surface area contributed by atoms with Gasteiger partial charge in [0.2, 0.25) is 18.2 Å². The van der Waals surface area contributed by atoms with Crippen molar-refractivity contribution in [2.75, 3.05) is 36.5 Å². The van der Waals surface area contributed by atoms with Gasteiger partial charge in [0.25, 0.3) is 0 Å². The predicted octanol–water partition coefficient (Wildman–Crippen LogP) is 3.60. The summed E-state index contributed by atoms with van der Waals surface area (Å²) in [6, 6.07) is 14.0. The number of ether oxygens (including phenoxy) is 1. The highest BCUT2D eigenvalue weighted by atomic mass is 35.5. The predicted molar refractivity (Wildman–Crippen MR) is 126 cm³/mol. The SMILES string of the molecule is Cc1cc(C)cc(N2C(N3CCOCC3)=NC(N)=NC2Nc2cccc(Cl)c2)c1.Cl. The molecule has 30 heavy (non-hydrogen) atoms. The molecule has 160 valence electrons. The molecule has 1 saturated heterocycles. The smallest absolute Gasteiger partial charge is 0.222 e. The Morgan fingerprint density at radius 1 is 1.10 bits per heavy atom. The fourth-order valence-corrected chi connectivity index (χ4v) is 3.82. The maximum atomic E-state index is 6.18. The number of nitrogens with two attached hydrogens (primary N) is 1. The van der Waals surface area contributed by atoms with Crippen molar-refractivity contribution in [1.82, 2.24) is 4.90 Å². The van der Waals surface area contributed by atoms with Crippen molar-refractivity contribution in [3.8, 4) is 0 Å². The molecule has 2 aromatic carbocycles. The van der Waals surface area contributed by atoms with Gasteiger partial charge in [0, 0.05) is 29.5 Å². The van der Waals surface area contributed by atoms with E-state index in [4.69, 9.17) is 22.1 Å². The average molecular weight is 449 g/mol. The number of hydrogen-bond donors (Lipinski definition) is 2. The van der Waals surface area contributed by atoms with E-state index in [1.165, 1.54) is 11.1 Å². The monoisotopic (exact) mass is 448 g/mol. The summed E-state index contributed by atoms with van der Waals surface area (Å²) >= 11 is 6.18. The maximum absolute atomic E-state index is 6.18. The molecule has 0 amide bonds. The Labute approximate surface area is 188 Å². The maximum Gasteiger partial charge on any atom is 0.222 e. The largest absolute Gasteiger partial charge is 0.378 e. The van der Waals surface area contributed by atoms with Crippen LogP contribution in [0.3, 0.4) is 0 Å². The second-order valence-electron chi connectivity index (χ2n) is 7.24. The van der Waals surface area contributed by atoms with Crippen LogP contribution in [-0.4, -0.2) is 49.4 Å². The first-order valence-corrected chi connectivity index (χ1v) is 10.0. The second kappa shape index (κ2) is 9.55. The minimum Gasteiger partial charge on any atom is -0.378 e. The molecule has 9 heteroatoms. The van der Waals surface area contributed by atoms with Crippen molar-refractivity contribution in [3.63, 3.8) is 0 Å². The van der Waals surface area contributed by atoms with Crippen molar-refractivity contribution in [1.29, 1.82) is 0 Å². The molecular formula is C21H26Cl2N6O. The Kier molecular flexibility index (Phi) is 7.07. The molecule has 0 bridgehead atoms. The molecule has 2 aliphatic rings. The Balaban J connectivity index is 0.00000256. The van der Waals surface area contributed by atoms with E-state index in [1.807, 2.05) is 24.3 Å². The van der Waals surface area contributed by atoms with Gasteiger partial charge >= 0.3 is 0 Å². The summed E-state index contributed by atoms with van der Waals surface area (Å²) in [4.78, 5) is 13.5. The number of benzene rings is 2. The third kappa shape index (κ3) is 4.98. The first-order valence-electron chi connectivity index (χ1n) is 9.64. The number of rotatable bonds is 3. The van der Waals surface area contributed by atoms with E-state index in [9.17, 15) is 0 Å². The third-order valence-corrected chi connectivity index (χ3v) is 5.06. The van der Waals surface area contributed by atoms with Crippen molar-refractivity contribution >= 4 is 47.3 Å². The normalized spacial score (nSPS) is 19.0. The van der Waals surface area contributed by atoms with Gasteiger partial charge in [0.1, 0.15) is 0 Å². The lowest BCUT2D eigenvalue weighted by Gasteiger charge is -2.41. The molecule has 2 aromatic rings. The minimum atomic E-state index is -0.454. The summed E-state index contributed by atoms with van der Waals surface area (Å²) in [6.45, 7) is 6.98. The molecule has 1 atom stereocenters. The molecule has 0 aliphatic carbocycles. The zero-order chi connectivity index (χ0) is 20.4. The van der Waals surface area contributed by atoms with Crippen LogP contribution < -0.4 is 16.0 Å². The number of nitrogens with one attached hydrogen (secondary N) is 1. The molecule has 2 heterocycles. The lowest BCUT2D eigenvalue weighted by atomic mass is 10.1. The van der Waals surface area contributed by atoms with E-state index in [0.29, 0.717) is 18.2 Å². The molecule has 0 aromatic heterocycles. The summed E-state index contributed by atoms with van der Waals surface area (Å²) in [5, 5.41) is 4.10. The second-order valence-corrected chi connectivity index (χ2v) is 7.68. The van der Waals surface area contributed by atoms with Crippen LogP contribution in [0.15, 0.2) is 52.4 Å². The van der Waals surface area contributed by atoms with Gasteiger partial charge in [-0.05, 0) is 55.3 Å². The fraction of sp³-hybridized carbons (Fsp3) is 0.333. The highest BCUT2D eigenvalue weighted by Gasteiger charge is 2.32. The van der Waals surface area contributed by atoms with Crippen LogP contribution >= 0.6 is 24.0 Å². The average Bonchev–Trinajstić information content (AvgIpc) is 2.67. The van der Waals surface area contributed by atoms with Crippen molar-refractivity contribution < 1.29 is 4.74 Å². The minimum absolute atomic E-state index is 0. The Morgan fingerprint density at radius 2 is 1.80 bits per heavy atom. The van der Waals surface area contributed by atoms with Crippen LogP contribution in [0.25, 0.3) is 0 Å². The van der Waals surface area contributed by atoms with Gasteiger partial charge in [-0.1, -0.05) is 23.7 Å². The zero-order valence-corrected chi connectivity index (χ0v) is 18.6. The van der Waals surface area contributed by atoms with Gasteiger partial charge in [-0.25, -0.2) is 4.99 Å². The van der Waals surface area contributed by atoms with E-state index in [0.717, 1.165) is 30.4 Å². The fourth-order valence-electron chi connectivity index (χ4n) is 3.63. The quantitative estimate of drug-likeness (QED) is 0.749. The van der Waals surface area contributed by atoms with Crippen LogP contribution in [-0.2, 0) is 4.74 Å². The van der Waals surface area contributed by atoms with Crippen molar-refractivity contribution in [2.24, 2.45) is 15.7 Å². The molecule has 4 rings (SSSR count). The van der Waals surface area contributed by atoms with Crippen molar-refractivity contribution in [3.05, 3.63) is 58.6 Å². The molecule has 1 unspecified atom stereocenters. The molecule has 3 N–H and O–H groups in total. The van der Waals surface area contributed by atoms with Gasteiger partial charge in [0.05, 0.1) is 13.2 Å². The number of nitrogens with zero attached hydrogens (tertiary/aromatic N) is 4. The number of guanidine groups is 2. The Hall–Kier alpha value is -2.48. The topological polar surface area (TPSA) is 78.5 Å². The molecule has 0 radical (unpaired) electrons. The molecule has 7 nitrogen and oxygen atoms in total. The third-order valence-electron chi connectivity index (χ3n) is 4.83. The lowest BCUT2D eigenvalue weighted by molar-refractivity contribution is 0.0671. The molecule has 2 aliphatic heterocycles. The van der Waals surface area contributed by atoms with Crippen LogP contribution in [0, 0.1) is 13.8 Å². The van der Waals surface area contributed by atoms with Crippen molar-refractivity contribution in [2.45, 2.75) is 20.1 Å². The summed E-state index contributed by atoms with van der Waals surface area (Å²) in [7, 11) is 0. The summed E-state index contributed by atoms with van der Waals surface area (Å²) in [6.07, 6.45) is -0.454. The Morgan fingerprint density at radius 3 is 2.47 bits per heavy atom. The number of halogens is 2. The van der Waals surface area contributed by atoms with Gasteiger partial charge in [0.15, 0.2) is 0 Å². The number of aliphatic imine (C=N–C) groups is 2. The van der Waals surface area contributed by atoms with Crippen LogP contribution in [0.2, 0.25) is 5.02 Å². The van der Waals surface area contributed by atoms with E-state index in [2.05, 4.69) is 57.1 Å². The van der Waals surface area contributed by atoms with Crippen LogP contribution in [0.1, 0.15) is 11.1 Å². The highest BCUT2D eigenvalue weighted by Crippen LogP contribution is 2.27. The van der Waals surface area contributed by atoms with E-state index in [1.54, 1.807) is 0 Å².